The number of halogens is 2. The molecule has 0 saturated heterocycles. The third-order valence-electron chi connectivity index (χ3n) is 3.05. The third kappa shape index (κ3) is 3.42. The molecular formula is C11H17F2N3S. The Bertz CT molecular complexity index is 367. The summed E-state index contributed by atoms with van der Waals surface area (Å²) in [6.07, 6.45) is 2.36. The van der Waals surface area contributed by atoms with Crippen molar-refractivity contribution >= 4 is 11.3 Å². The van der Waals surface area contributed by atoms with Crippen LogP contribution in [0.4, 0.5) is 8.78 Å². The van der Waals surface area contributed by atoms with Crippen molar-refractivity contribution in [2.75, 3.05) is 13.6 Å². The van der Waals surface area contributed by atoms with E-state index in [2.05, 4.69) is 15.5 Å². The first-order chi connectivity index (χ1) is 8.11. The highest BCUT2D eigenvalue weighted by Gasteiger charge is 2.41. The maximum Gasteiger partial charge on any atom is 0.248 e. The Labute approximate surface area is 104 Å². The number of nitrogens with zero attached hydrogens (tertiary/aromatic N) is 2. The molecule has 1 saturated carbocycles. The molecule has 0 aliphatic heterocycles. The molecule has 17 heavy (non-hydrogen) atoms. The molecule has 1 atom stereocenters. The van der Waals surface area contributed by atoms with Crippen LogP contribution in [0.15, 0.2) is 0 Å². The van der Waals surface area contributed by atoms with Gasteiger partial charge < -0.3 is 5.32 Å². The van der Waals surface area contributed by atoms with Gasteiger partial charge in [0.2, 0.25) is 5.92 Å². The lowest BCUT2D eigenvalue weighted by Crippen LogP contribution is -2.08. The molecule has 0 spiro atoms. The van der Waals surface area contributed by atoms with E-state index in [4.69, 9.17) is 0 Å². The zero-order valence-electron chi connectivity index (χ0n) is 9.88. The Kier molecular flexibility index (Phi) is 4.04. The van der Waals surface area contributed by atoms with Gasteiger partial charge in [-0.25, -0.2) is 8.78 Å². The molecule has 1 fully saturated rings. The van der Waals surface area contributed by atoms with E-state index in [1.807, 2.05) is 7.05 Å². The van der Waals surface area contributed by atoms with Crippen molar-refractivity contribution in [3.8, 4) is 0 Å². The van der Waals surface area contributed by atoms with Gasteiger partial charge >= 0.3 is 0 Å². The Morgan fingerprint density at radius 2 is 2.29 bits per heavy atom. The molecule has 1 aromatic rings. The van der Waals surface area contributed by atoms with Crippen LogP contribution in [0, 0.1) is 0 Å². The zero-order chi connectivity index (χ0) is 12.3. The Morgan fingerprint density at radius 1 is 1.47 bits per heavy atom. The van der Waals surface area contributed by atoms with E-state index in [-0.39, 0.29) is 18.8 Å². The van der Waals surface area contributed by atoms with Crippen LogP contribution < -0.4 is 5.32 Å². The summed E-state index contributed by atoms with van der Waals surface area (Å²) in [4.78, 5) is 0. The molecule has 0 bridgehead atoms. The van der Waals surface area contributed by atoms with E-state index in [0.717, 1.165) is 29.4 Å². The van der Waals surface area contributed by atoms with Crippen LogP contribution in [0.25, 0.3) is 0 Å². The number of hydrogen-bond acceptors (Lipinski definition) is 4. The quantitative estimate of drug-likeness (QED) is 0.828. The maximum absolute atomic E-state index is 13.1. The molecule has 1 aliphatic carbocycles. The van der Waals surface area contributed by atoms with E-state index in [0.29, 0.717) is 6.42 Å². The number of hydrogen-bond donors (Lipinski definition) is 1. The van der Waals surface area contributed by atoms with E-state index < -0.39 is 5.92 Å². The fraction of sp³-hybridized carbons (Fsp3) is 0.818. The highest BCUT2D eigenvalue weighted by Crippen LogP contribution is 2.44. The predicted octanol–water partition coefficient (Wildman–Crippen LogP) is 2.59. The molecule has 0 radical (unpaired) electrons. The van der Waals surface area contributed by atoms with Gasteiger partial charge in [0.15, 0.2) is 0 Å². The van der Waals surface area contributed by atoms with Crippen LogP contribution in [0.5, 0.6) is 0 Å². The minimum absolute atomic E-state index is 0.00760. The lowest BCUT2D eigenvalue weighted by atomic mass is 10.1. The second-order valence-electron chi connectivity index (χ2n) is 4.54. The highest BCUT2D eigenvalue weighted by atomic mass is 32.1. The summed E-state index contributed by atoms with van der Waals surface area (Å²) in [5.74, 6) is -2.58. The zero-order valence-corrected chi connectivity index (χ0v) is 10.7. The molecule has 1 N–H and O–H groups in total. The van der Waals surface area contributed by atoms with E-state index >= 15 is 0 Å². The number of aromatic nitrogens is 2. The van der Waals surface area contributed by atoms with Crippen molar-refractivity contribution in [2.45, 2.75) is 43.9 Å². The van der Waals surface area contributed by atoms with Crippen LogP contribution in [0.3, 0.4) is 0 Å². The van der Waals surface area contributed by atoms with Crippen LogP contribution in [-0.2, 0) is 6.42 Å². The van der Waals surface area contributed by atoms with Gasteiger partial charge in [-0.05, 0) is 26.4 Å². The molecular weight excluding hydrogens is 244 g/mol. The van der Waals surface area contributed by atoms with E-state index in [1.54, 1.807) is 0 Å². The average molecular weight is 261 g/mol. The van der Waals surface area contributed by atoms with Crippen molar-refractivity contribution in [2.24, 2.45) is 0 Å². The standard InChI is InChI=1S/C11H17F2N3S/c1-14-6-2-3-9-15-16-10(17-9)8-4-5-11(12,13)7-8/h8,14H,2-7H2,1H3. The molecule has 1 heterocycles. The van der Waals surface area contributed by atoms with Gasteiger partial charge in [0.25, 0.3) is 0 Å². The SMILES string of the molecule is CNCCCc1nnc(C2CCC(F)(F)C2)s1. The summed E-state index contributed by atoms with van der Waals surface area (Å²) in [5, 5.41) is 13.0. The van der Waals surface area contributed by atoms with Crippen LogP contribution >= 0.6 is 11.3 Å². The van der Waals surface area contributed by atoms with Crippen molar-refractivity contribution in [3.63, 3.8) is 0 Å². The highest BCUT2D eigenvalue weighted by molar-refractivity contribution is 7.11. The summed E-state index contributed by atoms with van der Waals surface area (Å²) in [6, 6.07) is 0. The molecule has 6 heteroatoms. The number of aryl methyl sites for hydroxylation is 1. The summed E-state index contributed by atoms with van der Waals surface area (Å²) in [7, 11) is 1.91. The van der Waals surface area contributed by atoms with Gasteiger partial charge in [0.05, 0.1) is 0 Å². The van der Waals surface area contributed by atoms with Gasteiger partial charge in [-0.3, -0.25) is 0 Å². The maximum atomic E-state index is 13.1. The second kappa shape index (κ2) is 5.35. The molecule has 1 unspecified atom stereocenters. The van der Waals surface area contributed by atoms with Crippen molar-refractivity contribution in [1.82, 2.24) is 15.5 Å². The molecule has 0 amide bonds. The van der Waals surface area contributed by atoms with Crippen LogP contribution in [0.2, 0.25) is 0 Å². The van der Waals surface area contributed by atoms with Crippen molar-refractivity contribution < 1.29 is 8.78 Å². The number of alkyl halides is 2. The lowest BCUT2D eigenvalue weighted by Gasteiger charge is -2.06. The number of rotatable bonds is 5. The van der Waals surface area contributed by atoms with E-state index in [1.165, 1.54) is 11.3 Å². The lowest BCUT2D eigenvalue weighted by molar-refractivity contribution is 0.00775. The molecule has 96 valence electrons. The first-order valence-corrected chi connectivity index (χ1v) is 6.77. The van der Waals surface area contributed by atoms with Gasteiger partial charge in [0, 0.05) is 25.2 Å². The first-order valence-electron chi connectivity index (χ1n) is 5.95. The Morgan fingerprint density at radius 3 is 2.94 bits per heavy atom. The monoisotopic (exact) mass is 261 g/mol. The normalized spacial score (nSPS) is 23.1. The Hall–Kier alpha value is -0.620. The molecule has 3 nitrogen and oxygen atoms in total. The largest absolute Gasteiger partial charge is 0.320 e. The topological polar surface area (TPSA) is 37.8 Å². The smallest absolute Gasteiger partial charge is 0.248 e. The van der Waals surface area contributed by atoms with Crippen LogP contribution in [0.1, 0.15) is 41.6 Å². The molecule has 2 rings (SSSR count). The van der Waals surface area contributed by atoms with E-state index in [9.17, 15) is 8.78 Å². The predicted molar refractivity (Wildman–Crippen MR) is 63.7 cm³/mol. The average Bonchev–Trinajstić information content (AvgIpc) is 2.85. The summed E-state index contributed by atoms with van der Waals surface area (Å²) < 4.78 is 26.2. The first kappa shape index (κ1) is 12.8. The van der Waals surface area contributed by atoms with Gasteiger partial charge in [-0.2, -0.15) is 0 Å². The molecule has 1 aromatic heterocycles. The van der Waals surface area contributed by atoms with Crippen LogP contribution in [-0.4, -0.2) is 29.7 Å². The van der Waals surface area contributed by atoms with Gasteiger partial charge in [-0.15, -0.1) is 21.5 Å². The second-order valence-corrected chi connectivity index (χ2v) is 5.63. The minimum atomic E-state index is -2.50. The summed E-state index contributed by atoms with van der Waals surface area (Å²) in [6.45, 7) is 0.941. The van der Waals surface area contributed by atoms with Gasteiger partial charge in [-0.1, -0.05) is 0 Å². The summed E-state index contributed by atoms with van der Waals surface area (Å²) in [5.41, 5.74) is 0. The van der Waals surface area contributed by atoms with Crippen molar-refractivity contribution in [3.05, 3.63) is 10.0 Å². The summed E-state index contributed by atoms with van der Waals surface area (Å²) >= 11 is 1.50. The van der Waals surface area contributed by atoms with Crippen molar-refractivity contribution in [1.29, 1.82) is 0 Å². The molecule has 1 aliphatic rings. The molecule has 0 aromatic carbocycles. The van der Waals surface area contributed by atoms with Gasteiger partial charge in [0.1, 0.15) is 10.0 Å². The fourth-order valence-corrected chi connectivity index (χ4v) is 3.13. The number of nitrogens with one attached hydrogen (secondary N) is 1. The third-order valence-corrected chi connectivity index (χ3v) is 4.20. The fourth-order valence-electron chi connectivity index (χ4n) is 2.11. The Balaban J connectivity index is 1.90. The minimum Gasteiger partial charge on any atom is -0.320 e.